The van der Waals surface area contributed by atoms with Gasteiger partial charge in [-0.3, -0.25) is 4.79 Å². The molecule has 1 N–H and O–H groups in total. The van der Waals surface area contributed by atoms with E-state index >= 15 is 0 Å². The van der Waals surface area contributed by atoms with Crippen molar-refractivity contribution in [3.8, 4) is 0 Å². The molecule has 0 saturated carbocycles. The van der Waals surface area contributed by atoms with Crippen molar-refractivity contribution in [3.05, 3.63) is 34.3 Å². The quantitative estimate of drug-likeness (QED) is 0.801. The van der Waals surface area contributed by atoms with E-state index < -0.39 is 15.6 Å². The molecule has 1 aromatic carbocycles. The molecule has 8 heteroatoms. The van der Waals surface area contributed by atoms with E-state index in [2.05, 4.69) is 21.2 Å². The summed E-state index contributed by atoms with van der Waals surface area (Å²) in [7, 11) is -3.46. The molecule has 0 aromatic heterocycles. The third-order valence-corrected chi connectivity index (χ3v) is 5.54. The molecule has 2 unspecified atom stereocenters. The molecule has 1 fully saturated rings. The van der Waals surface area contributed by atoms with Crippen LogP contribution in [0.15, 0.2) is 28.7 Å². The van der Waals surface area contributed by atoms with E-state index in [0.29, 0.717) is 18.7 Å². The number of carbonyl (C=O) groups is 1. The van der Waals surface area contributed by atoms with Gasteiger partial charge < -0.3 is 10.2 Å². The normalized spacial score (nSPS) is 21.6. The summed E-state index contributed by atoms with van der Waals surface area (Å²) in [5.74, 6) is -0.844. The molecular formula is C15H22BrClN2O3S. The summed E-state index contributed by atoms with van der Waals surface area (Å²) in [5.41, 5.74) is 0.693. The Morgan fingerprint density at radius 2 is 1.74 bits per heavy atom. The Balaban J connectivity index is 0.00000264. The summed E-state index contributed by atoms with van der Waals surface area (Å²) in [6.45, 7) is 5.09. The molecule has 1 aliphatic rings. The predicted octanol–water partition coefficient (Wildman–Crippen LogP) is 1.99. The standard InChI is InChI=1S/C15H21BrN2O3S.ClH/c1-11-7-18(8-12(2)17-11)15(19)10-22(20,21)9-13-3-5-14(16)6-4-13;/h3-6,11-12,17H,7-10H2,1-2H3;1H. The number of amides is 1. The molecule has 0 bridgehead atoms. The third-order valence-electron chi connectivity index (χ3n) is 3.55. The highest BCUT2D eigenvalue weighted by atomic mass is 79.9. The maximum absolute atomic E-state index is 12.3. The largest absolute Gasteiger partial charge is 0.339 e. The summed E-state index contributed by atoms with van der Waals surface area (Å²) in [6.07, 6.45) is 0. The van der Waals surface area contributed by atoms with Crippen LogP contribution in [0.25, 0.3) is 0 Å². The van der Waals surface area contributed by atoms with Gasteiger partial charge in [-0.2, -0.15) is 0 Å². The van der Waals surface area contributed by atoms with E-state index in [-0.39, 0.29) is 36.2 Å². The fraction of sp³-hybridized carbons (Fsp3) is 0.533. The minimum atomic E-state index is -3.46. The lowest BCUT2D eigenvalue weighted by atomic mass is 10.1. The van der Waals surface area contributed by atoms with Gasteiger partial charge in [0, 0.05) is 29.6 Å². The zero-order valence-corrected chi connectivity index (χ0v) is 16.4. The molecule has 0 radical (unpaired) electrons. The van der Waals surface area contributed by atoms with Crippen LogP contribution in [0, 0.1) is 0 Å². The molecule has 23 heavy (non-hydrogen) atoms. The first-order valence-corrected chi connectivity index (χ1v) is 9.85. The summed E-state index contributed by atoms with van der Waals surface area (Å²) in [5, 5.41) is 3.32. The van der Waals surface area contributed by atoms with Gasteiger partial charge in [0.25, 0.3) is 0 Å². The Hall–Kier alpha value is -0.630. The molecular weight excluding hydrogens is 404 g/mol. The fourth-order valence-electron chi connectivity index (χ4n) is 2.70. The number of nitrogens with zero attached hydrogens (tertiary/aromatic N) is 1. The Kier molecular flexibility index (Phi) is 7.51. The van der Waals surface area contributed by atoms with Crippen molar-refractivity contribution in [1.29, 1.82) is 0 Å². The highest BCUT2D eigenvalue weighted by Crippen LogP contribution is 2.14. The zero-order valence-electron chi connectivity index (χ0n) is 13.2. The number of carbonyl (C=O) groups excluding carboxylic acids is 1. The second-order valence-corrected chi connectivity index (χ2v) is 8.91. The number of hydrogen-bond acceptors (Lipinski definition) is 4. The van der Waals surface area contributed by atoms with Crippen LogP contribution in [0.1, 0.15) is 19.4 Å². The van der Waals surface area contributed by atoms with E-state index in [0.717, 1.165) is 4.47 Å². The highest BCUT2D eigenvalue weighted by Gasteiger charge is 2.27. The van der Waals surface area contributed by atoms with Crippen molar-refractivity contribution in [3.63, 3.8) is 0 Å². The average Bonchev–Trinajstić information content (AvgIpc) is 2.39. The van der Waals surface area contributed by atoms with E-state index in [1.54, 1.807) is 29.2 Å². The molecule has 2 rings (SSSR count). The molecule has 1 saturated heterocycles. The number of sulfone groups is 1. The summed E-state index contributed by atoms with van der Waals surface area (Å²) in [4.78, 5) is 13.9. The number of rotatable bonds is 4. The van der Waals surface area contributed by atoms with Gasteiger partial charge in [-0.15, -0.1) is 12.4 Å². The summed E-state index contributed by atoms with van der Waals surface area (Å²) >= 11 is 3.31. The smallest absolute Gasteiger partial charge is 0.237 e. The first-order chi connectivity index (χ1) is 10.2. The molecule has 0 aliphatic carbocycles. The van der Waals surface area contributed by atoms with Crippen LogP contribution in [-0.2, 0) is 20.4 Å². The van der Waals surface area contributed by atoms with Gasteiger partial charge in [0.1, 0.15) is 5.75 Å². The number of halogens is 2. The maximum Gasteiger partial charge on any atom is 0.237 e. The van der Waals surface area contributed by atoms with E-state index in [1.165, 1.54) is 0 Å². The van der Waals surface area contributed by atoms with Crippen LogP contribution in [0.5, 0.6) is 0 Å². The first kappa shape index (κ1) is 20.4. The number of nitrogens with one attached hydrogen (secondary N) is 1. The van der Waals surface area contributed by atoms with Crippen LogP contribution in [-0.4, -0.2) is 50.2 Å². The molecule has 2 atom stereocenters. The molecule has 130 valence electrons. The minimum Gasteiger partial charge on any atom is -0.339 e. The number of hydrogen-bond donors (Lipinski definition) is 1. The van der Waals surface area contributed by atoms with E-state index in [9.17, 15) is 13.2 Å². The van der Waals surface area contributed by atoms with Gasteiger partial charge >= 0.3 is 0 Å². The average molecular weight is 426 g/mol. The Labute approximate surface area is 152 Å². The summed E-state index contributed by atoms with van der Waals surface area (Å²) < 4.78 is 25.3. The molecule has 0 spiro atoms. The van der Waals surface area contributed by atoms with Gasteiger partial charge in [-0.05, 0) is 31.5 Å². The lowest BCUT2D eigenvalue weighted by Gasteiger charge is -2.36. The van der Waals surface area contributed by atoms with Gasteiger partial charge in [-0.1, -0.05) is 28.1 Å². The first-order valence-electron chi connectivity index (χ1n) is 7.24. The Morgan fingerprint density at radius 3 is 2.26 bits per heavy atom. The van der Waals surface area contributed by atoms with Gasteiger partial charge in [-0.25, -0.2) is 8.42 Å². The van der Waals surface area contributed by atoms with Crippen LogP contribution >= 0.6 is 28.3 Å². The number of benzene rings is 1. The molecule has 1 heterocycles. The van der Waals surface area contributed by atoms with E-state index in [4.69, 9.17) is 0 Å². The van der Waals surface area contributed by atoms with Crippen molar-refractivity contribution in [2.75, 3.05) is 18.8 Å². The van der Waals surface area contributed by atoms with Crippen LogP contribution in [0.2, 0.25) is 0 Å². The lowest BCUT2D eigenvalue weighted by Crippen LogP contribution is -2.56. The van der Waals surface area contributed by atoms with Crippen LogP contribution in [0.3, 0.4) is 0 Å². The Bertz CT molecular complexity index is 627. The lowest BCUT2D eigenvalue weighted by molar-refractivity contribution is -0.130. The number of piperazine rings is 1. The van der Waals surface area contributed by atoms with Crippen molar-refractivity contribution in [2.45, 2.75) is 31.7 Å². The van der Waals surface area contributed by atoms with E-state index in [1.807, 2.05) is 13.8 Å². The van der Waals surface area contributed by atoms with Gasteiger partial charge in [0.15, 0.2) is 9.84 Å². The van der Waals surface area contributed by atoms with Crippen molar-refractivity contribution in [2.24, 2.45) is 0 Å². The van der Waals surface area contributed by atoms with Gasteiger partial charge in [0.05, 0.1) is 5.75 Å². The minimum absolute atomic E-state index is 0. The fourth-order valence-corrected chi connectivity index (χ4v) is 4.32. The second kappa shape index (κ2) is 8.46. The monoisotopic (exact) mass is 424 g/mol. The van der Waals surface area contributed by atoms with Crippen LogP contribution in [0.4, 0.5) is 0 Å². The zero-order chi connectivity index (χ0) is 16.3. The van der Waals surface area contributed by atoms with Crippen molar-refractivity contribution < 1.29 is 13.2 Å². The topological polar surface area (TPSA) is 66.5 Å². The van der Waals surface area contributed by atoms with Crippen molar-refractivity contribution >= 4 is 44.1 Å². The molecule has 1 aliphatic heterocycles. The SMILES string of the molecule is CC1CN(C(=O)CS(=O)(=O)Cc2ccc(Br)cc2)CC(C)N1.Cl. The second-order valence-electron chi connectivity index (χ2n) is 5.93. The molecule has 1 aromatic rings. The predicted molar refractivity (Wildman–Crippen MR) is 97.5 cm³/mol. The summed E-state index contributed by atoms with van der Waals surface area (Å²) in [6, 6.07) is 7.46. The molecule has 1 amide bonds. The molecule has 5 nitrogen and oxygen atoms in total. The highest BCUT2D eigenvalue weighted by molar-refractivity contribution is 9.10. The van der Waals surface area contributed by atoms with Crippen LogP contribution < -0.4 is 5.32 Å². The van der Waals surface area contributed by atoms with Crippen molar-refractivity contribution in [1.82, 2.24) is 10.2 Å². The maximum atomic E-state index is 12.3. The Morgan fingerprint density at radius 1 is 1.22 bits per heavy atom. The van der Waals surface area contributed by atoms with Gasteiger partial charge in [0.2, 0.25) is 5.91 Å². The third kappa shape index (κ3) is 6.41.